The molecular formula is C34H42N2O2. The van der Waals surface area contributed by atoms with Crippen molar-refractivity contribution < 1.29 is 9.59 Å². The molecule has 200 valence electrons. The van der Waals surface area contributed by atoms with Gasteiger partial charge in [0.25, 0.3) is 0 Å². The van der Waals surface area contributed by atoms with Gasteiger partial charge in [-0.2, -0.15) is 0 Å². The first kappa shape index (κ1) is 25.4. The average Bonchev–Trinajstić information content (AvgIpc) is 3.29. The molecule has 0 radical (unpaired) electrons. The molecule has 0 aromatic heterocycles. The second kappa shape index (κ2) is 9.10. The highest BCUT2D eigenvalue weighted by atomic mass is 16.2. The van der Waals surface area contributed by atoms with Gasteiger partial charge in [0.1, 0.15) is 0 Å². The average molecular weight is 511 g/mol. The summed E-state index contributed by atoms with van der Waals surface area (Å²) in [5, 5.41) is 3.57. The van der Waals surface area contributed by atoms with Crippen molar-refractivity contribution >= 4 is 11.8 Å². The van der Waals surface area contributed by atoms with E-state index in [2.05, 4.69) is 80.7 Å². The predicted octanol–water partition coefficient (Wildman–Crippen LogP) is 6.32. The normalized spacial score (nSPS) is 36.3. The Labute approximate surface area is 227 Å². The number of hydrogen-bond donors (Lipinski definition) is 1. The van der Waals surface area contributed by atoms with E-state index in [0.29, 0.717) is 23.8 Å². The zero-order chi connectivity index (χ0) is 26.7. The standard InChI is InChI=1S/C34H42N2O2/c1-32-21-19-27-25(15-18-29-33(27,2)22-20-30(37)36(29)4)26(32)16-17-28(32)31(38)35-34(3,23-11-7-5-8-12-23)24-13-9-6-10-14-24/h5-14,20,22,25-29H,15-19,21H2,1-4H3,(H,35,38)/t25-,26-,27+,28?,29?,32-,33+/m0/s1. The quantitative estimate of drug-likeness (QED) is 0.523. The lowest BCUT2D eigenvalue weighted by Gasteiger charge is -2.60. The van der Waals surface area contributed by atoms with Gasteiger partial charge in [-0.15, -0.1) is 0 Å². The second-order valence-corrected chi connectivity index (χ2v) is 13.1. The summed E-state index contributed by atoms with van der Waals surface area (Å²) in [6.07, 6.45) is 10.6. The molecule has 3 saturated carbocycles. The third-order valence-electron chi connectivity index (χ3n) is 11.5. The van der Waals surface area contributed by atoms with Crippen LogP contribution in [0.3, 0.4) is 0 Å². The molecule has 7 atom stereocenters. The van der Waals surface area contributed by atoms with Gasteiger partial charge in [-0.3, -0.25) is 9.59 Å². The van der Waals surface area contributed by atoms with Gasteiger partial charge in [0.15, 0.2) is 0 Å². The number of amides is 2. The number of nitrogens with zero attached hydrogens (tertiary/aromatic N) is 1. The molecule has 0 spiro atoms. The van der Waals surface area contributed by atoms with Crippen LogP contribution in [0.1, 0.15) is 70.4 Å². The monoisotopic (exact) mass is 510 g/mol. The fraction of sp³-hybridized carbons (Fsp3) is 0.529. The molecule has 3 fully saturated rings. The van der Waals surface area contributed by atoms with Crippen molar-refractivity contribution in [3.05, 3.63) is 83.9 Å². The van der Waals surface area contributed by atoms with Crippen LogP contribution in [0.4, 0.5) is 0 Å². The van der Waals surface area contributed by atoms with Crippen LogP contribution >= 0.6 is 0 Å². The first-order chi connectivity index (χ1) is 18.2. The number of carbonyl (C=O) groups is 2. The minimum Gasteiger partial charge on any atom is -0.342 e. The lowest BCUT2D eigenvalue weighted by Crippen LogP contribution is -2.60. The summed E-state index contributed by atoms with van der Waals surface area (Å²) in [4.78, 5) is 28.6. The summed E-state index contributed by atoms with van der Waals surface area (Å²) in [6, 6.07) is 21.1. The first-order valence-electron chi connectivity index (χ1n) is 14.6. The molecular weight excluding hydrogens is 468 g/mol. The van der Waals surface area contributed by atoms with Gasteiger partial charge >= 0.3 is 0 Å². The highest BCUT2D eigenvalue weighted by Crippen LogP contribution is 2.65. The van der Waals surface area contributed by atoms with E-state index in [0.717, 1.165) is 49.7 Å². The summed E-state index contributed by atoms with van der Waals surface area (Å²) in [5.74, 6) is 2.12. The van der Waals surface area contributed by atoms with Gasteiger partial charge in [0.05, 0.1) is 5.54 Å². The van der Waals surface area contributed by atoms with Crippen LogP contribution in [0, 0.1) is 34.5 Å². The molecule has 1 heterocycles. The number of likely N-dealkylation sites (N-methyl/N-ethyl adjacent to an activating group) is 1. The number of hydrogen-bond acceptors (Lipinski definition) is 2. The van der Waals surface area contributed by atoms with Gasteiger partial charge in [0.2, 0.25) is 11.8 Å². The van der Waals surface area contributed by atoms with E-state index in [1.54, 1.807) is 0 Å². The van der Waals surface area contributed by atoms with Crippen molar-refractivity contribution in [3.63, 3.8) is 0 Å². The first-order valence-corrected chi connectivity index (χ1v) is 14.6. The van der Waals surface area contributed by atoms with Crippen molar-refractivity contribution in [1.82, 2.24) is 10.2 Å². The smallest absolute Gasteiger partial charge is 0.246 e. The molecule has 4 aliphatic rings. The summed E-state index contributed by atoms with van der Waals surface area (Å²) < 4.78 is 0. The Kier molecular flexibility index (Phi) is 6.09. The molecule has 1 aliphatic heterocycles. The lowest BCUT2D eigenvalue weighted by molar-refractivity contribution is -0.142. The van der Waals surface area contributed by atoms with Crippen molar-refractivity contribution in [2.45, 2.75) is 70.9 Å². The summed E-state index contributed by atoms with van der Waals surface area (Å²) >= 11 is 0. The Morgan fingerprint density at radius 1 is 0.895 bits per heavy atom. The van der Waals surface area contributed by atoms with Crippen molar-refractivity contribution in [2.24, 2.45) is 34.5 Å². The van der Waals surface area contributed by atoms with Crippen molar-refractivity contribution in [3.8, 4) is 0 Å². The van der Waals surface area contributed by atoms with E-state index >= 15 is 0 Å². The van der Waals surface area contributed by atoms with E-state index < -0.39 is 5.54 Å². The Bertz CT molecular complexity index is 1200. The molecule has 2 aromatic carbocycles. The van der Waals surface area contributed by atoms with Crippen LogP contribution in [-0.2, 0) is 15.1 Å². The van der Waals surface area contributed by atoms with Crippen molar-refractivity contribution in [1.29, 1.82) is 0 Å². The molecule has 1 N–H and O–H groups in total. The maximum atomic E-state index is 14.2. The number of fused-ring (bicyclic) bond motifs is 5. The molecule has 2 unspecified atom stereocenters. The third-order valence-corrected chi connectivity index (χ3v) is 11.5. The molecule has 38 heavy (non-hydrogen) atoms. The van der Waals surface area contributed by atoms with Gasteiger partial charge < -0.3 is 10.2 Å². The molecule has 2 amide bonds. The van der Waals surface area contributed by atoms with Gasteiger partial charge in [-0.1, -0.05) is 80.6 Å². The van der Waals surface area contributed by atoms with Crippen LogP contribution in [-0.4, -0.2) is 29.8 Å². The number of carbonyl (C=O) groups excluding carboxylic acids is 2. The molecule has 2 aromatic rings. The maximum Gasteiger partial charge on any atom is 0.246 e. The zero-order valence-electron chi connectivity index (χ0n) is 23.3. The molecule has 6 rings (SSSR count). The Hall–Kier alpha value is -2.88. The van der Waals surface area contributed by atoms with Gasteiger partial charge in [-0.25, -0.2) is 0 Å². The Balaban J connectivity index is 1.27. The minimum absolute atomic E-state index is 0.0167. The SMILES string of the molecule is CN1C(=O)C=C[C@@]2(C)C1CC[C@@H]1[C@H]2CC[C@]2(C)C(C(=O)NC(C)(c3ccccc3)c3ccccc3)CC[C@@H]12. The topological polar surface area (TPSA) is 49.4 Å². The summed E-state index contributed by atoms with van der Waals surface area (Å²) in [6.45, 7) is 6.95. The van der Waals surface area contributed by atoms with E-state index in [4.69, 9.17) is 0 Å². The fourth-order valence-electron chi connectivity index (χ4n) is 9.36. The Morgan fingerprint density at radius 3 is 2.16 bits per heavy atom. The molecule has 4 nitrogen and oxygen atoms in total. The molecule has 3 aliphatic carbocycles. The summed E-state index contributed by atoms with van der Waals surface area (Å²) in [7, 11) is 1.98. The van der Waals surface area contributed by atoms with Crippen LogP contribution in [0.5, 0.6) is 0 Å². The number of rotatable bonds is 4. The molecule has 0 saturated heterocycles. The van der Waals surface area contributed by atoms with Gasteiger partial charge in [-0.05, 0) is 85.8 Å². The van der Waals surface area contributed by atoms with E-state index in [1.807, 2.05) is 30.2 Å². The summed E-state index contributed by atoms with van der Waals surface area (Å²) in [5.41, 5.74) is 1.68. The van der Waals surface area contributed by atoms with E-state index in [1.165, 1.54) is 0 Å². The lowest BCUT2D eigenvalue weighted by atomic mass is 9.47. The highest BCUT2D eigenvalue weighted by molar-refractivity contribution is 5.89. The Morgan fingerprint density at radius 2 is 1.53 bits per heavy atom. The van der Waals surface area contributed by atoms with Crippen LogP contribution in [0.25, 0.3) is 0 Å². The van der Waals surface area contributed by atoms with Gasteiger partial charge in [0, 0.05) is 24.4 Å². The fourth-order valence-corrected chi connectivity index (χ4v) is 9.36. The largest absolute Gasteiger partial charge is 0.342 e. The predicted molar refractivity (Wildman–Crippen MR) is 151 cm³/mol. The van der Waals surface area contributed by atoms with E-state index in [9.17, 15) is 9.59 Å². The van der Waals surface area contributed by atoms with Crippen LogP contribution in [0.2, 0.25) is 0 Å². The number of benzene rings is 2. The van der Waals surface area contributed by atoms with Crippen LogP contribution in [0.15, 0.2) is 72.8 Å². The third kappa shape index (κ3) is 3.70. The van der Waals surface area contributed by atoms with Crippen LogP contribution < -0.4 is 5.32 Å². The number of nitrogens with one attached hydrogen (secondary N) is 1. The van der Waals surface area contributed by atoms with Crippen molar-refractivity contribution in [2.75, 3.05) is 7.05 Å². The molecule has 0 bridgehead atoms. The van der Waals surface area contributed by atoms with E-state index in [-0.39, 0.29) is 28.6 Å². The highest BCUT2D eigenvalue weighted by Gasteiger charge is 2.61. The maximum absolute atomic E-state index is 14.2. The zero-order valence-corrected chi connectivity index (χ0v) is 23.3. The molecule has 4 heteroatoms. The minimum atomic E-state index is -0.583. The second-order valence-electron chi connectivity index (χ2n) is 13.1.